The Labute approximate surface area is 147 Å². The Morgan fingerprint density at radius 3 is 2.75 bits per heavy atom. The van der Waals surface area contributed by atoms with Gasteiger partial charge < -0.3 is 11.1 Å². The number of para-hydroxylation sites is 1. The zero-order chi connectivity index (χ0) is 17.4. The lowest BCUT2D eigenvalue weighted by Gasteiger charge is -2.08. The number of thiophene rings is 1. The van der Waals surface area contributed by atoms with E-state index in [1.807, 2.05) is 25.1 Å². The lowest BCUT2D eigenvalue weighted by atomic mass is 10.2. The van der Waals surface area contributed by atoms with Crippen molar-refractivity contribution in [2.45, 2.75) is 19.9 Å². The monoisotopic (exact) mass is 362 g/mol. The number of halogens is 1. The number of carbonyl (C=O) groups is 2. The van der Waals surface area contributed by atoms with Crippen molar-refractivity contribution in [3.63, 3.8) is 0 Å². The summed E-state index contributed by atoms with van der Waals surface area (Å²) in [5.41, 5.74) is 6.72. The summed E-state index contributed by atoms with van der Waals surface area (Å²) in [6, 6.07) is 8.40. The van der Waals surface area contributed by atoms with Crippen LogP contribution < -0.4 is 11.1 Å². The normalized spacial score (nSPS) is 12.3. The molecule has 1 atom stereocenters. The van der Waals surface area contributed by atoms with Gasteiger partial charge in [-0.25, -0.2) is 4.68 Å². The van der Waals surface area contributed by atoms with E-state index in [0.29, 0.717) is 9.90 Å². The number of fused-ring (bicyclic) bond motifs is 1. The maximum atomic E-state index is 12.3. The number of rotatable bonds is 4. The van der Waals surface area contributed by atoms with Gasteiger partial charge in [0.05, 0.1) is 21.3 Å². The molecule has 2 aromatic heterocycles. The second kappa shape index (κ2) is 6.26. The van der Waals surface area contributed by atoms with Crippen molar-refractivity contribution < 1.29 is 9.59 Å². The molecular weight excluding hydrogens is 348 g/mol. The Hall–Kier alpha value is -2.38. The number of aryl methyl sites for hydroxylation is 1. The number of nitrogens with zero attached hydrogens (tertiary/aromatic N) is 2. The smallest absolute Gasteiger partial charge is 0.262 e. The van der Waals surface area contributed by atoms with Gasteiger partial charge in [-0.2, -0.15) is 5.10 Å². The van der Waals surface area contributed by atoms with E-state index in [4.69, 9.17) is 17.3 Å². The number of primary amides is 1. The van der Waals surface area contributed by atoms with Crippen LogP contribution in [-0.2, 0) is 4.79 Å². The minimum Gasteiger partial charge on any atom is -0.368 e. The number of hydrogen-bond acceptors (Lipinski definition) is 4. The molecule has 0 fully saturated rings. The Bertz CT molecular complexity index is 947. The molecule has 6 nitrogen and oxygen atoms in total. The van der Waals surface area contributed by atoms with E-state index in [9.17, 15) is 9.59 Å². The van der Waals surface area contributed by atoms with E-state index in [1.165, 1.54) is 11.3 Å². The summed E-state index contributed by atoms with van der Waals surface area (Å²) in [5, 5.41) is 8.53. The van der Waals surface area contributed by atoms with Crippen molar-refractivity contribution in [2.75, 3.05) is 0 Å². The van der Waals surface area contributed by atoms with Gasteiger partial charge in [-0.05, 0) is 32.0 Å². The van der Waals surface area contributed by atoms with Gasteiger partial charge >= 0.3 is 0 Å². The predicted molar refractivity (Wildman–Crippen MR) is 94.8 cm³/mol. The number of hydrogen-bond donors (Lipinski definition) is 2. The van der Waals surface area contributed by atoms with Crippen LogP contribution in [0.15, 0.2) is 30.3 Å². The standard InChI is InChI=1S/C16H15ClN4O2S/c1-8-10-7-13(15(23)19-9(2)14(18)22)24-16(10)21(20-8)12-6-4-3-5-11(12)17/h3-7,9H,1-2H3,(H2,18,22)(H,19,23). The molecule has 2 amide bonds. The third-order valence-corrected chi connectivity index (χ3v) is 5.05. The topological polar surface area (TPSA) is 90.0 Å². The molecule has 1 aromatic carbocycles. The van der Waals surface area contributed by atoms with Crippen LogP contribution >= 0.6 is 22.9 Å². The number of amides is 2. The Balaban J connectivity index is 2.03. The van der Waals surface area contributed by atoms with E-state index in [1.54, 1.807) is 23.7 Å². The van der Waals surface area contributed by atoms with Crippen LogP contribution in [0.4, 0.5) is 0 Å². The number of carbonyl (C=O) groups excluding carboxylic acids is 2. The van der Waals surface area contributed by atoms with E-state index < -0.39 is 11.9 Å². The van der Waals surface area contributed by atoms with Gasteiger partial charge in [0.2, 0.25) is 5.91 Å². The number of benzene rings is 1. The highest BCUT2D eigenvalue weighted by molar-refractivity contribution is 7.20. The third kappa shape index (κ3) is 2.88. The quantitative estimate of drug-likeness (QED) is 0.747. The van der Waals surface area contributed by atoms with Gasteiger partial charge in [-0.15, -0.1) is 11.3 Å². The number of nitrogens with two attached hydrogens (primary N) is 1. The first kappa shape index (κ1) is 16.5. The summed E-state index contributed by atoms with van der Waals surface area (Å²) in [4.78, 5) is 24.7. The van der Waals surface area contributed by atoms with Crippen LogP contribution in [0.25, 0.3) is 15.9 Å². The van der Waals surface area contributed by atoms with Crippen molar-refractivity contribution in [1.82, 2.24) is 15.1 Å². The van der Waals surface area contributed by atoms with E-state index in [0.717, 1.165) is 21.6 Å². The fourth-order valence-electron chi connectivity index (χ4n) is 2.28. The van der Waals surface area contributed by atoms with Crippen molar-refractivity contribution >= 4 is 45.0 Å². The second-order valence-corrected chi connectivity index (χ2v) is 6.81. The Kier molecular flexibility index (Phi) is 4.29. The largest absolute Gasteiger partial charge is 0.368 e. The van der Waals surface area contributed by atoms with Crippen LogP contribution in [0.5, 0.6) is 0 Å². The maximum Gasteiger partial charge on any atom is 0.262 e. The summed E-state index contributed by atoms with van der Waals surface area (Å²) >= 11 is 7.54. The van der Waals surface area contributed by atoms with Crippen LogP contribution in [0, 0.1) is 6.92 Å². The molecule has 124 valence electrons. The minimum atomic E-state index is -0.733. The lowest BCUT2D eigenvalue weighted by molar-refractivity contribution is -0.119. The third-order valence-electron chi connectivity index (χ3n) is 3.62. The van der Waals surface area contributed by atoms with Crippen LogP contribution in [0.2, 0.25) is 5.02 Å². The van der Waals surface area contributed by atoms with Crippen LogP contribution in [-0.4, -0.2) is 27.6 Å². The van der Waals surface area contributed by atoms with Crippen molar-refractivity contribution in [1.29, 1.82) is 0 Å². The molecule has 0 aliphatic rings. The molecule has 0 bridgehead atoms. The highest BCUT2D eigenvalue weighted by Gasteiger charge is 2.20. The molecule has 24 heavy (non-hydrogen) atoms. The van der Waals surface area contributed by atoms with Crippen molar-refractivity contribution in [3.8, 4) is 5.69 Å². The van der Waals surface area contributed by atoms with E-state index in [2.05, 4.69) is 10.4 Å². The SMILES string of the molecule is Cc1nn(-c2ccccc2Cl)c2sc(C(=O)NC(C)C(N)=O)cc12. The summed E-state index contributed by atoms with van der Waals surface area (Å²) in [5.74, 6) is -0.921. The first-order valence-corrected chi connectivity index (χ1v) is 8.42. The summed E-state index contributed by atoms with van der Waals surface area (Å²) in [6.07, 6.45) is 0. The second-order valence-electron chi connectivity index (χ2n) is 5.38. The van der Waals surface area contributed by atoms with Gasteiger partial charge in [0, 0.05) is 5.39 Å². The van der Waals surface area contributed by atoms with Crippen molar-refractivity contribution in [3.05, 3.63) is 45.9 Å². The zero-order valence-corrected chi connectivity index (χ0v) is 14.6. The molecule has 1 unspecified atom stereocenters. The molecule has 8 heteroatoms. The molecule has 0 saturated heterocycles. The molecular formula is C16H15ClN4O2S. The van der Waals surface area contributed by atoms with Gasteiger partial charge in [-0.1, -0.05) is 23.7 Å². The van der Waals surface area contributed by atoms with Gasteiger partial charge in [-0.3, -0.25) is 9.59 Å². The van der Waals surface area contributed by atoms with Gasteiger partial charge in [0.25, 0.3) is 5.91 Å². The lowest BCUT2D eigenvalue weighted by Crippen LogP contribution is -2.41. The number of aromatic nitrogens is 2. The van der Waals surface area contributed by atoms with Gasteiger partial charge in [0.1, 0.15) is 10.9 Å². The molecule has 0 aliphatic heterocycles. The molecule has 3 N–H and O–H groups in total. The number of nitrogens with one attached hydrogen (secondary N) is 1. The van der Waals surface area contributed by atoms with E-state index >= 15 is 0 Å². The summed E-state index contributed by atoms with van der Waals surface area (Å²) in [6.45, 7) is 3.42. The maximum absolute atomic E-state index is 12.3. The predicted octanol–water partition coefficient (Wildman–Crippen LogP) is 2.65. The van der Waals surface area contributed by atoms with Crippen LogP contribution in [0.1, 0.15) is 22.3 Å². The first-order valence-electron chi connectivity index (χ1n) is 7.22. The molecule has 0 spiro atoms. The Morgan fingerprint density at radius 1 is 1.38 bits per heavy atom. The first-order chi connectivity index (χ1) is 11.4. The summed E-state index contributed by atoms with van der Waals surface area (Å²) < 4.78 is 1.73. The Morgan fingerprint density at radius 2 is 2.08 bits per heavy atom. The average Bonchev–Trinajstić information content (AvgIpc) is 3.09. The minimum absolute atomic E-state index is 0.340. The van der Waals surface area contributed by atoms with E-state index in [-0.39, 0.29) is 5.91 Å². The van der Waals surface area contributed by atoms with Gasteiger partial charge in [0.15, 0.2) is 0 Å². The summed E-state index contributed by atoms with van der Waals surface area (Å²) in [7, 11) is 0. The van der Waals surface area contributed by atoms with Crippen LogP contribution in [0.3, 0.4) is 0 Å². The zero-order valence-electron chi connectivity index (χ0n) is 13.0. The molecule has 3 aromatic rings. The average molecular weight is 363 g/mol. The fraction of sp³-hybridized carbons (Fsp3) is 0.188. The molecule has 3 rings (SSSR count). The molecule has 0 radical (unpaired) electrons. The highest BCUT2D eigenvalue weighted by atomic mass is 35.5. The van der Waals surface area contributed by atoms with Crippen molar-refractivity contribution in [2.24, 2.45) is 5.73 Å². The molecule has 0 saturated carbocycles. The fourth-order valence-corrected chi connectivity index (χ4v) is 3.58. The molecule has 0 aliphatic carbocycles. The highest BCUT2D eigenvalue weighted by Crippen LogP contribution is 2.32. The molecule has 2 heterocycles.